The fourth-order valence-electron chi connectivity index (χ4n) is 3.77. The first-order valence-electron chi connectivity index (χ1n) is 10.1. The third-order valence-electron chi connectivity index (χ3n) is 5.33. The number of ketones is 1. The van der Waals surface area contributed by atoms with E-state index >= 15 is 0 Å². The number of rotatable bonds is 5. The number of aliphatic hydroxyl groups excluding tert-OH is 1. The molecule has 2 heterocycles. The lowest BCUT2D eigenvalue weighted by molar-refractivity contribution is -0.132. The number of hydrogen-bond donors (Lipinski definition) is 1. The number of benzene rings is 2. The van der Waals surface area contributed by atoms with Crippen molar-refractivity contribution < 1.29 is 19.4 Å². The Labute approximate surface area is 185 Å². The first-order valence-corrected chi connectivity index (χ1v) is 10.9. The highest BCUT2D eigenvalue weighted by molar-refractivity contribution is 7.10. The summed E-state index contributed by atoms with van der Waals surface area (Å²) in [6, 6.07) is 15.6. The minimum Gasteiger partial charge on any atom is -0.507 e. The molecule has 1 saturated heterocycles. The molecule has 2 aromatic carbocycles. The second kappa shape index (κ2) is 8.40. The summed E-state index contributed by atoms with van der Waals surface area (Å²) in [6.07, 6.45) is 0. The zero-order valence-corrected chi connectivity index (χ0v) is 18.4. The summed E-state index contributed by atoms with van der Waals surface area (Å²) >= 11 is 1.46. The molecule has 0 aliphatic carbocycles. The molecule has 1 aliphatic rings. The Morgan fingerprint density at radius 3 is 2.48 bits per heavy atom. The van der Waals surface area contributed by atoms with Crippen LogP contribution in [-0.4, -0.2) is 23.4 Å². The lowest BCUT2D eigenvalue weighted by atomic mass is 9.98. The SMILES string of the molecule is CCOc1cccc(/C(O)=C2/C(=O)C(=O)N(c3ccc(C)cc3)C2c2sccc2C)c1. The Morgan fingerprint density at radius 2 is 1.84 bits per heavy atom. The molecule has 1 amide bonds. The quantitative estimate of drug-likeness (QED) is 0.333. The van der Waals surface area contributed by atoms with Crippen LogP contribution in [0.5, 0.6) is 5.75 Å². The molecule has 4 rings (SSSR count). The number of thiophene rings is 1. The smallest absolute Gasteiger partial charge is 0.300 e. The molecule has 1 atom stereocenters. The van der Waals surface area contributed by atoms with Gasteiger partial charge in [0.2, 0.25) is 0 Å². The maximum Gasteiger partial charge on any atom is 0.300 e. The highest BCUT2D eigenvalue weighted by Gasteiger charge is 2.47. The monoisotopic (exact) mass is 433 g/mol. The van der Waals surface area contributed by atoms with Gasteiger partial charge in [0.25, 0.3) is 11.7 Å². The number of nitrogens with zero attached hydrogens (tertiary/aromatic N) is 1. The molecule has 0 spiro atoms. The van der Waals surface area contributed by atoms with Gasteiger partial charge in [-0.15, -0.1) is 11.3 Å². The molecule has 31 heavy (non-hydrogen) atoms. The highest BCUT2D eigenvalue weighted by atomic mass is 32.1. The van der Waals surface area contributed by atoms with Crippen LogP contribution >= 0.6 is 11.3 Å². The van der Waals surface area contributed by atoms with Crippen molar-refractivity contribution in [2.45, 2.75) is 26.8 Å². The first kappa shape index (κ1) is 20.9. The van der Waals surface area contributed by atoms with Crippen LogP contribution in [0.4, 0.5) is 5.69 Å². The Morgan fingerprint density at radius 1 is 1.10 bits per heavy atom. The summed E-state index contributed by atoms with van der Waals surface area (Å²) in [4.78, 5) is 28.6. The van der Waals surface area contributed by atoms with Crippen molar-refractivity contribution in [3.05, 3.63) is 87.1 Å². The van der Waals surface area contributed by atoms with Gasteiger partial charge in [0.15, 0.2) is 0 Å². The molecule has 1 unspecified atom stereocenters. The normalized spacial score (nSPS) is 17.9. The second-order valence-corrected chi connectivity index (χ2v) is 8.38. The van der Waals surface area contributed by atoms with Gasteiger partial charge in [-0.05, 0) is 62.0 Å². The van der Waals surface area contributed by atoms with Crippen LogP contribution in [0.1, 0.15) is 34.5 Å². The van der Waals surface area contributed by atoms with Gasteiger partial charge >= 0.3 is 0 Å². The van der Waals surface area contributed by atoms with E-state index in [-0.39, 0.29) is 11.3 Å². The number of anilines is 1. The molecule has 0 bridgehead atoms. The van der Waals surface area contributed by atoms with Crippen molar-refractivity contribution in [1.82, 2.24) is 0 Å². The summed E-state index contributed by atoms with van der Waals surface area (Å²) < 4.78 is 5.53. The third-order valence-corrected chi connectivity index (χ3v) is 6.40. The Kier molecular flexibility index (Phi) is 5.65. The van der Waals surface area contributed by atoms with Crippen LogP contribution < -0.4 is 9.64 Å². The zero-order chi connectivity index (χ0) is 22.1. The molecule has 158 valence electrons. The molecule has 1 aliphatic heterocycles. The van der Waals surface area contributed by atoms with Gasteiger partial charge in [-0.25, -0.2) is 0 Å². The van der Waals surface area contributed by atoms with Gasteiger partial charge in [0, 0.05) is 16.1 Å². The van der Waals surface area contributed by atoms with Gasteiger partial charge in [0.1, 0.15) is 17.6 Å². The summed E-state index contributed by atoms with van der Waals surface area (Å²) in [6.45, 7) is 6.26. The van der Waals surface area contributed by atoms with Crippen molar-refractivity contribution in [3.8, 4) is 5.75 Å². The fourth-order valence-corrected chi connectivity index (χ4v) is 4.80. The number of hydrogen-bond acceptors (Lipinski definition) is 5. The van der Waals surface area contributed by atoms with Crippen molar-refractivity contribution in [2.75, 3.05) is 11.5 Å². The molecule has 1 aromatic heterocycles. The highest BCUT2D eigenvalue weighted by Crippen LogP contribution is 2.44. The lowest BCUT2D eigenvalue weighted by Gasteiger charge is -2.25. The predicted octanol–water partition coefficient (Wildman–Crippen LogP) is 5.39. The number of carbonyl (C=O) groups is 2. The van der Waals surface area contributed by atoms with Gasteiger partial charge in [-0.3, -0.25) is 14.5 Å². The van der Waals surface area contributed by atoms with Crippen LogP contribution in [-0.2, 0) is 9.59 Å². The molecular weight excluding hydrogens is 410 g/mol. The number of carbonyl (C=O) groups excluding carboxylic acids is 2. The molecule has 1 N–H and O–H groups in total. The van der Waals surface area contributed by atoms with Gasteiger partial charge < -0.3 is 9.84 Å². The topological polar surface area (TPSA) is 66.8 Å². The number of ether oxygens (including phenoxy) is 1. The van der Waals surface area contributed by atoms with Gasteiger partial charge in [0.05, 0.1) is 12.2 Å². The van der Waals surface area contributed by atoms with Crippen molar-refractivity contribution in [3.63, 3.8) is 0 Å². The second-order valence-electron chi connectivity index (χ2n) is 7.43. The summed E-state index contributed by atoms with van der Waals surface area (Å²) in [7, 11) is 0. The van der Waals surface area contributed by atoms with Gasteiger partial charge in [-0.2, -0.15) is 0 Å². The Balaban J connectivity index is 1.91. The van der Waals surface area contributed by atoms with Crippen molar-refractivity contribution in [2.24, 2.45) is 0 Å². The average molecular weight is 434 g/mol. The minimum absolute atomic E-state index is 0.0878. The molecule has 6 heteroatoms. The largest absolute Gasteiger partial charge is 0.507 e. The van der Waals surface area contributed by atoms with E-state index in [1.54, 1.807) is 24.3 Å². The molecule has 5 nitrogen and oxygen atoms in total. The van der Waals surface area contributed by atoms with Crippen LogP contribution in [0.2, 0.25) is 0 Å². The van der Waals surface area contributed by atoms with Crippen LogP contribution in [0.3, 0.4) is 0 Å². The predicted molar refractivity (Wildman–Crippen MR) is 123 cm³/mol. The number of amides is 1. The van der Waals surface area contributed by atoms with E-state index in [9.17, 15) is 14.7 Å². The van der Waals surface area contributed by atoms with E-state index in [2.05, 4.69) is 0 Å². The zero-order valence-electron chi connectivity index (χ0n) is 17.6. The van der Waals surface area contributed by atoms with E-state index in [0.717, 1.165) is 16.0 Å². The van der Waals surface area contributed by atoms with Crippen molar-refractivity contribution >= 4 is 34.5 Å². The molecule has 1 fully saturated rings. The average Bonchev–Trinajstić information content (AvgIpc) is 3.29. The maximum atomic E-state index is 13.2. The van der Waals surface area contributed by atoms with Crippen molar-refractivity contribution in [1.29, 1.82) is 0 Å². The molecular formula is C25H23NO4S. The Bertz CT molecular complexity index is 1180. The standard InChI is InChI=1S/C25H23NO4S/c1-4-30-19-7-5-6-17(14-19)22(27)20-21(24-16(3)12-13-31-24)26(25(29)23(20)28)18-10-8-15(2)9-11-18/h5-14,21,27H,4H2,1-3H3/b22-20-. The summed E-state index contributed by atoms with van der Waals surface area (Å²) in [5, 5.41) is 13.1. The summed E-state index contributed by atoms with van der Waals surface area (Å²) in [5.41, 5.74) is 3.16. The Hall–Kier alpha value is -3.38. The van der Waals surface area contributed by atoms with Gasteiger partial charge in [-0.1, -0.05) is 29.8 Å². The summed E-state index contributed by atoms with van der Waals surface area (Å²) in [5.74, 6) is -0.961. The molecule has 0 saturated carbocycles. The lowest BCUT2D eigenvalue weighted by Crippen LogP contribution is -2.29. The van der Waals surface area contributed by atoms with E-state index in [1.807, 2.05) is 56.5 Å². The number of aliphatic hydroxyl groups is 1. The number of aryl methyl sites for hydroxylation is 2. The first-order chi connectivity index (χ1) is 14.9. The number of Topliss-reactive ketones (excluding diaryl/α,β-unsaturated/α-hetero) is 1. The molecule has 0 radical (unpaired) electrons. The van der Waals surface area contributed by atoms with E-state index in [4.69, 9.17) is 4.74 Å². The van der Waals surface area contributed by atoms with Crippen LogP contribution in [0.15, 0.2) is 65.6 Å². The fraction of sp³-hybridized carbons (Fsp3) is 0.200. The van der Waals surface area contributed by atoms with E-state index in [0.29, 0.717) is 23.6 Å². The van der Waals surface area contributed by atoms with E-state index < -0.39 is 17.7 Å². The third kappa shape index (κ3) is 3.75. The van der Waals surface area contributed by atoms with Crippen LogP contribution in [0, 0.1) is 13.8 Å². The minimum atomic E-state index is -0.697. The van der Waals surface area contributed by atoms with Crippen LogP contribution in [0.25, 0.3) is 5.76 Å². The van der Waals surface area contributed by atoms with E-state index in [1.165, 1.54) is 16.2 Å². The maximum absolute atomic E-state index is 13.2. The molecule has 3 aromatic rings.